The smallest absolute Gasteiger partial charge is 0.226 e. The second kappa shape index (κ2) is 4.70. The van der Waals surface area contributed by atoms with E-state index in [-0.39, 0.29) is 11.8 Å². The summed E-state index contributed by atoms with van der Waals surface area (Å²) >= 11 is 6.21. The van der Waals surface area contributed by atoms with Crippen LogP contribution in [0, 0.1) is 0 Å². The molecule has 4 nitrogen and oxygen atoms in total. The van der Waals surface area contributed by atoms with Gasteiger partial charge in [0.1, 0.15) is 0 Å². The SMILES string of the molecule is NC(=O)C1CCCc2c(-c3ccccc3Cl)n[nH]c21. The van der Waals surface area contributed by atoms with Crippen LogP contribution >= 0.6 is 11.6 Å². The molecule has 0 bridgehead atoms. The van der Waals surface area contributed by atoms with Crippen molar-refractivity contribution in [2.24, 2.45) is 5.73 Å². The lowest BCUT2D eigenvalue weighted by Gasteiger charge is -2.19. The fourth-order valence-corrected chi connectivity index (χ4v) is 2.93. The number of carbonyl (C=O) groups excluding carboxylic acids is 1. The number of hydrogen-bond acceptors (Lipinski definition) is 2. The predicted octanol–water partition coefficient (Wildman–Crippen LogP) is 2.64. The minimum atomic E-state index is -0.296. The van der Waals surface area contributed by atoms with E-state index >= 15 is 0 Å². The number of amides is 1. The van der Waals surface area contributed by atoms with Gasteiger partial charge in [0.2, 0.25) is 5.91 Å². The van der Waals surface area contributed by atoms with Gasteiger partial charge in [0.15, 0.2) is 0 Å². The van der Waals surface area contributed by atoms with Crippen LogP contribution in [0.1, 0.15) is 30.0 Å². The van der Waals surface area contributed by atoms with Gasteiger partial charge in [-0.15, -0.1) is 0 Å². The lowest BCUT2D eigenvalue weighted by Crippen LogP contribution is -2.25. The molecule has 0 aliphatic heterocycles. The maximum atomic E-state index is 11.5. The van der Waals surface area contributed by atoms with Gasteiger partial charge in [0.05, 0.1) is 22.3 Å². The highest BCUT2D eigenvalue weighted by Gasteiger charge is 2.29. The van der Waals surface area contributed by atoms with Gasteiger partial charge < -0.3 is 5.73 Å². The molecule has 0 saturated heterocycles. The van der Waals surface area contributed by atoms with Crippen LogP contribution in [-0.4, -0.2) is 16.1 Å². The molecule has 1 aliphatic rings. The molecule has 0 spiro atoms. The van der Waals surface area contributed by atoms with Crippen molar-refractivity contribution >= 4 is 17.5 Å². The van der Waals surface area contributed by atoms with Crippen molar-refractivity contribution in [1.82, 2.24) is 10.2 Å². The fourth-order valence-electron chi connectivity index (χ4n) is 2.71. The molecular formula is C14H14ClN3O. The molecule has 1 amide bonds. The molecule has 0 radical (unpaired) electrons. The Labute approximate surface area is 116 Å². The van der Waals surface area contributed by atoms with E-state index in [1.54, 1.807) is 0 Å². The number of aromatic amines is 1. The Hall–Kier alpha value is -1.81. The zero-order valence-electron chi connectivity index (χ0n) is 10.3. The minimum absolute atomic E-state index is 0.257. The van der Waals surface area contributed by atoms with E-state index < -0.39 is 0 Å². The van der Waals surface area contributed by atoms with Gasteiger partial charge in [-0.1, -0.05) is 29.8 Å². The van der Waals surface area contributed by atoms with Gasteiger partial charge in [-0.3, -0.25) is 9.89 Å². The molecule has 0 fully saturated rings. The van der Waals surface area contributed by atoms with Crippen molar-refractivity contribution in [2.45, 2.75) is 25.2 Å². The lowest BCUT2D eigenvalue weighted by molar-refractivity contribution is -0.119. The van der Waals surface area contributed by atoms with E-state index in [4.69, 9.17) is 17.3 Å². The zero-order valence-corrected chi connectivity index (χ0v) is 11.1. The van der Waals surface area contributed by atoms with Crippen molar-refractivity contribution in [3.63, 3.8) is 0 Å². The topological polar surface area (TPSA) is 71.8 Å². The minimum Gasteiger partial charge on any atom is -0.369 e. The number of H-pyrrole nitrogens is 1. The first kappa shape index (κ1) is 12.2. The largest absolute Gasteiger partial charge is 0.369 e. The third-order valence-corrected chi connectivity index (χ3v) is 3.97. The number of nitrogens with zero attached hydrogens (tertiary/aromatic N) is 1. The average Bonchev–Trinajstić information content (AvgIpc) is 2.82. The Bertz CT molecular complexity index is 635. The number of hydrogen-bond donors (Lipinski definition) is 2. The second-order valence-electron chi connectivity index (χ2n) is 4.79. The summed E-state index contributed by atoms with van der Waals surface area (Å²) < 4.78 is 0. The molecule has 1 unspecified atom stereocenters. The highest BCUT2D eigenvalue weighted by Crippen LogP contribution is 2.37. The van der Waals surface area contributed by atoms with E-state index in [1.165, 1.54) is 0 Å². The predicted molar refractivity (Wildman–Crippen MR) is 73.9 cm³/mol. The Morgan fingerprint density at radius 3 is 2.95 bits per heavy atom. The first-order chi connectivity index (χ1) is 9.18. The number of carbonyl (C=O) groups is 1. The van der Waals surface area contributed by atoms with Crippen molar-refractivity contribution in [3.8, 4) is 11.3 Å². The number of primary amides is 1. The summed E-state index contributed by atoms with van der Waals surface area (Å²) in [5.74, 6) is -0.553. The van der Waals surface area contributed by atoms with Crippen LogP contribution in [0.5, 0.6) is 0 Å². The van der Waals surface area contributed by atoms with E-state index in [0.29, 0.717) is 5.02 Å². The van der Waals surface area contributed by atoms with Crippen molar-refractivity contribution in [1.29, 1.82) is 0 Å². The fraction of sp³-hybridized carbons (Fsp3) is 0.286. The highest BCUT2D eigenvalue weighted by molar-refractivity contribution is 6.33. The summed E-state index contributed by atoms with van der Waals surface area (Å²) in [5.41, 5.74) is 9.11. The van der Waals surface area contributed by atoms with Gasteiger partial charge in [0, 0.05) is 11.1 Å². The number of aromatic nitrogens is 2. The molecule has 1 aliphatic carbocycles. The molecule has 0 saturated carbocycles. The Morgan fingerprint density at radius 1 is 1.42 bits per heavy atom. The van der Waals surface area contributed by atoms with Crippen LogP contribution in [0.3, 0.4) is 0 Å². The monoisotopic (exact) mass is 275 g/mol. The Kier molecular flexibility index (Phi) is 3.03. The first-order valence-electron chi connectivity index (χ1n) is 6.30. The van der Waals surface area contributed by atoms with Gasteiger partial charge in [-0.2, -0.15) is 5.10 Å². The third-order valence-electron chi connectivity index (χ3n) is 3.64. The molecule has 98 valence electrons. The summed E-state index contributed by atoms with van der Waals surface area (Å²) in [6, 6.07) is 7.59. The molecule has 5 heteroatoms. The molecule has 1 aromatic carbocycles. The van der Waals surface area contributed by atoms with Crippen LogP contribution in [0.4, 0.5) is 0 Å². The molecule has 1 atom stereocenters. The second-order valence-corrected chi connectivity index (χ2v) is 5.20. The van der Waals surface area contributed by atoms with E-state index in [9.17, 15) is 4.79 Å². The van der Waals surface area contributed by atoms with E-state index in [1.807, 2.05) is 24.3 Å². The number of halogens is 1. The average molecular weight is 276 g/mol. The van der Waals surface area contributed by atoms with Crippen molar-refractivity contribution in [2.75, 3.05) is 0 Å². The summed E-state index contributed by atoms with van der Waals surface area (Å²) in [6.07, 6.45) is 2.63. The number of rotatable bonds is 2. The molecular weight excluding hydrogens is 262 g/mol. The van der Waals surface area contributed by atoms with Gasteiger partial charge in [-0.05, 0) is 25.3 Å². The van der Waals surface area contributed by atoms with Crippen LogP contribution in [0.25, 0.3) is 11.3 Å². The molecule has 19 heavy (non-hydrogen) atoms. The normalized spacial score (nSPS) is 18.1. The Balaban J connectivity index is 2.11. The quantitative estimate of drug-likeness (QED) is 0.884. The Morgan fingerprint density at radius 2 is 2.21 bits per heavy atom. The molecule has 3 N–H and O–H groups in total. The number of benzene rings is 1. The number of nitrogens with two attached hydrogens (primary N) is 1. The van der Waals surface area contributed by atoms with Gasteiger partial charge in [-0.25, -0.2) is 0 Å². The van der Waals surface area contributed by atoms with E-state index in [2.05, 4.69) is 10.2 Å². The standard InChI is InChI=1S/C14H14ClN3O/c15-11-7-2-1-4-8(11)12-9-5-3-6-10(14(16)19)13(9)18-17-12/h1-2,4,7,10H,3,5-6H2,(H2,16,19)(H,17,18). The molecule has 2 aromatic rings. The zero-order chi connectivity index (χ0) is 13.4. The molecule has 1 heterocycles. The molecule has 1 aromatic heterocycles. The summed E-state index contributed by atoms with van der Waals surface area (Å²) in [5, 5.41) is 7.98. The van der Waals surface area contributed by atoms with Gasteiger partial charge in [0.25, 0.3) is 0 Å². The maximum absolute atomic E-state index is 11.5. The van der Waals surface area contributed by atoms with Crippen LogP contribution < -0.4 is 5.73 Å². The van der Waals surface area contributed by atoms with Crippen LogP contribution in [0.2, 0.25) is 5.02 Å². The highest BCUT2D eigenvalue weighted by atomic mass is 35.5. The van der Waals surface area contributed by atoms with Gasteiger partial charge >= 0.3 is 0 Å². The van der Waals surface area contributed by atoms with Crippen molar-refractivity contribution in [3.05, 3.63) is 40.5 Å². The van der Waals surface area contributed by atoms with Crippen molar-refractivity contribution < 1.29 is 4.79 Å². The van der Waals surface area contributed by atoms with E-state index in [0.717, 1.165) is 41.8 Å². The van der Waals surface area contributed by atoms with Crippen LogP contribution in [-0.2, 0) is 11.2 Å². The summed E-state index contributed by atoms with van der Waals surface area (Å²) in [6.45, 7) is 0. The van der Waals surface area contributed by atoms with Crippen LogP contribution in [0.15, 0.2) is 24.3 Å². The maximum Gasteiger partial charge on any atom is 0.226 e. The summed E-state index contributed by atoms with van der Waals surface area (Å²) in [7, 11) is 0. The lowest BCUT2D eigenvalue weighted by atomic mass is 9.85. The molecule has 3 rings (SSSR count). The number of fused-ring (bicyclic) bond motifs is 1. The first-order valence-corrected chi connectivity index (χ1v) is 6.67. The summed E-state index contributed by atoms with van der Waals surface area (Å²) in [4.78, 5) is 11.5. The third kappa shape index (κ3) is 2.02. The number of nitrogens with one attached hydrogen (secondary N) is 1.